The fourth-order valence-corrected chi connectivity index (χ4v) is 4.23. The van der Waals surface area contributed by atoms with E-state index in [2.05, 4.69) is 51.5 Å². The van der Waals surface area contributed by atoms with E-state index in [-0.39, 0.29) is 5.91 Å². The molecule has 0 bridgehead atoms. The number of rotatable bonds is 10. The van der Waals surface area contributed by atoms with Crippen LogP contribution in [0.15, 0.2) is 59.5 Å². The van der Waals surface area contributed by atoms with Gasteiger partial charge in [-0.2, -0.15) is 0 Å². The Balaban J connectivity index is 1.26. The second-order valence-corrected chi connectivity index (χ2v) is 8.43. The highest BCUT2D eigenvalue weighted by atomic mass is 32.2. The van der Waals surface area contributed by atoms with Gasteiger partial charge in [0.25, 0.3) is 0 Å². The molecular weight excluding hydrogens is 382 g/mol. The third kappa shape index (κ3) is 7.72. The van der Waals surface area contributed by atoms with Gasteiger partial charge in [0.2, 0.25) is 5.91 Å². The summed E-state index contributed by atoms with van der Waals surface area (Å²) < 4.78 is 5.21. The molecule has 0 saturated carbocycles. The number of carbonyl (C=O) groups excluding carboxylic acids is 1. The molecule has 1 saturated heterocycles. The van der Waals surface area contributed by atoms with E-state index in [4.69, 9.17) is 4.74 Å². The van der Waals surface area contributed by atoms with Crippen LogP contribution in [0.25, 0.3) is 0 Å². The van der Waals surface area contributed by atoms with Gasteiger partial charge in [0.15, 0.2) is 0 Å². The van der Waals surface area contributed by atoms with Crippen molar-refractivity contribution in [3.05, 3.63) is 60.2 Å². The highest BCUT2D eigenvalue weighted by Crippen LogP contribution is 2.17. The lowest BCUT2D eigenvalue weighted by Crippen LogP contribution is -2.49. The number of ether oxygens (including phenoxy) is 1. The van der Waals surface area contributed by atoms with E-state index in [0.29, 0.717) is 6.54 Å². The van der Waals surface area contributed by atoms with Crippen molar-refractivity contribution in [2.75, 3.05) is 52.1 Å². The number of hydrogen-bond acceptors (Lipinski definition) is 5. The van der Waals surface area contributed by atoms with Crippen LogP contribution >= 0.6 is 11.8 Å². The van der Waals surface area contributed by atoms with Crippen LogP contribution in [0.3, 0.4) is 0 Å². The summed E-state index contributed by atoms with van der Waals surface area (Å²) in [5.41, 5.74) is 1.30. The zero-order valence-electron chi connectivity index (χ0n) is 17.2. The Morgan fingerprint density at radius 1 is 1.00 bits per heavy atom. The number of carbonyl (C=O) groups is 1. The van der Waals surface area contributed by atoms with Gasteiger partial charge >= 0.3 is 0 Å². The maximum absolute atomic E-state index is 12.2. The average molecular weight is 414 g/mol. The molecule has 0 radical (unpaired) electrons. The molecule has 1 amide bonds. The van der Waals surface area contributed by atoms with Crippen molar-refractivity contribution in [1.82, 2.24) is 15.1 Å². The first-order valence-electron chi connectivity index (χ1n) is 10.2. The lowest BCUT2D eigenvalue weighted by atomic mass is 10.2. The smallest absolute Gasteiger partial charge is 0.234 e. The van der Waals surface area contributed by atoms with E-state index in [1.807, 2.05) is 30.0 Å². The molecule has 1 aliphatic rings. The molecule has 2 aromatic carbocycles. The molecule has 1 aliphatic heterocycles. The topological polar surface area (TPSA) is 44.8 Å². The van der Waals surface area contributed by atoms with Gasteiger partial charge < -0.3 is 10.1 Å². The molecule has 1 heterocycles. The van der Waals surface area contributed by atoms with Crippen LogP contribution in [-0.4, -0.2) is 67.8 Å². The second-order valence-electron chi connectivity index (χ2n) is 7.27. The molecule has 0 unspecified atom stereocenters. The Morgan fingerprint density at radius 3 is 2.38 bits per heavy atom. The van der Waals surface area contributed by atoms with Crippen LogP contribution < -0.4 is 10.1 Å². The predicted octanol–water partition coefficient (Wildman–Crippen LogP) is 3.11. The fourth-order valence-electron chi connectivity index (χ4n) is 3.36. The molecule has 0 aliphatic carbocycles. The van der Waals surface area contributed by atoms with Gasteiger partial charge in [-0.3, -0.25) is 14.6 Å². The minimum Gasteiger partial charge on any atom is -0.497 e. The number of thioether (sulfide) groups is 1. The summed E-state index contributed by atoms with van der Waals surface area (Å²) in [6, 6.07) is 18.6. The first kappa shape index (κ1) is 21.7. The van der Waals surface area contributed by atoms with Gasteiger partial charge in [0.1, 0.15) is 5.75 Å². The van der Waals surface area contributed by atoms with Gasteiger partial charge in [-0.25, -0.2) is 0 Å². The Morgan fingerprint density at radius 2 is 1.69 bits per heavy atom. The normalized spacial score (nSPS) is 15.2. The first-order chi connectivity index (χ1) is 14.2. The maximum atomic E-state index is 12.2. The molecule has 2 aromatic rings. The SMILES string of the molecule is COc1ccc(CN2CCN(CC(=O)NCCCSc3ccccc3)CC2)cc1. The van der Waals surface area contributed by atoms with Crippen LogP contribution in [0.5, 0.6) is 5.75 Å². The second kappa shape index (κ2) is 11.9. The zero-order chi connectivity index (χ0) is 20.3. The lowest BCUT2D eigenvalue weighted by Gasteiger charge is -2.34. The number of nitrogens with zero attached hydrogens (tertiary/aromatic N) is 2. The summed E-state index contributed by atoms with van der Waals surface area (Å²) in [6.07, 6.45) is 0.987. The van der Waals surface area contributed by atoms with E-state index < -0.39 is 0 Å². The van der Waals surface area contributed by atoms with E-state index in [0.717, 1.165) is 57.2 Å². The molecule has 29 heavy (non-hydrogen) atoms. The quantitative estimate of drug-likeness (QED) is 0.479. The number of benzene rings is 2. The molecule has 3 rings (SSSR count). The molecule has 6 heteroatoms. The number of methoxy groups -OCH3 is 1. The number of nitrogens with one attached hydrogen (secondary N) is 1. The summed E-state index contributed by atoms with van der Waals surface area (Å²) in [6.45, 7) is 6.06. The van der Waals surface area contributed by atoms with Crippen molar-refractivity contribution < 1.29 is 9.53 Å². The highest BCUT2D eigenvalue weighted by Gasteiger charge is 2.18. The number of hydrogen-bond donors (Lipinski definition) is 1. The Bertz CT molecular complexity index is 732. The fraction of sp³-hybridized carbons (Fsp3) is 0.435. The van der Waals surface area contributed by atoms with E-state index in [9.17, 15) is 4.79 Å². The van der Waals surface area contributed by atoms with E-state index in [1.54, 1.807) is 7.11 Å². The minimum absolute atomic E-state index is 0.137. The van der Waals surface area contributed by atoms with Crippen LogP contribution in [0, 0.1) is 0 Å². The lowest BCUT2D eigenvalue weighted by molar-refractivity contribution is -0.122. The minimum atomic E-state index is 0.137. The van der Waals surface area contributed by atoms with Gasteiger partial charge in [-0.1, -0.05) is 30.3 Å². The Labute approximate surface area is 178 Å². The molecule has 1 N–H and O–H groups in total. The largest absolute Gasteiger partial charge is 0.497 e. The molecular formula is C23H31N3O2S. The van der Waals surface area contributed by atoms with Crippen LogP contribution in [0.4, 0.5) is 0 Å². The van der Waals surface area contributed by atoms with Crippen LogP contribution in [0.1, 0.15) is 12.0 Å². The van der Waals surface area contributed by atoms with Gasteiger partial charge in [0.05, 0.1) is 13.7 Å². The zero-order valence-corrected chi connectivity index (χ0v) is 18.0. The number of amides is 1. The standard InChI is InChI=1S/C23H31N3O2S/c1-28-21-10-8-20(9-11-21)18-25-13-15-26(16-14-25)19-23(27)24-12-5-17-29-22-6-3-2-4-7-22/h2-4,6-11H,5,12-19H2,1H3,(H,24,27). The third-order valence-electron chi connectivity index (χ3n) is 5.05. The molecule has 156 valence electrons. The Kier molecular flexibility index (Phi) is 8.86. The summed E-state index contributed by atoms with van der Waals surface area (Å²) >= 11 is 1.84. The summed E-state index contributed by atoms with van der Waals surface area (Å²) in [7, 11) is 1.69. The average Bonchev–Trinajstić information content (AvgIpc) is 2.76. The van der Waals surface area contributed by atoms with Gasteiger partial charge in [-0.15, -0.1) is 11.8 Å². The summed E-state index contributed by atoms with van der Waals surface area (Å²) in [5.74, 6) is 2.05. The third-order valence-corrected chi connectivity index (χ3v) is 6.15. The molecule has 0 aromatic heterocycles. The summed E-state index contributed by atoms with van der Waals surface area (Å²) in [5, 5.41) is 3.06. The van der Waals surface area contributed by atoms with Crippen molar-refractivity contribution in [3.63, 3.8) is 0 Å². The summed E-state index contributed by atoms with van der Waals surface area (Å²) in [4.78, 5) is 18.2. The maximum Gasteiger partial charge on any atom is 0.234 e. The highest BCUT2D eigenvalue weighted by molar-refractivity contribution is 7.99. The van der Waals surface area contributed by atoms with Crippen molar-refractivity contribution in [2.24, 2.45) is 0 Å². The van der Waals surface area contributed by atoms with E-state index in [1.165, 1.54) is 10.5 Å². The van der Waals surface area contributed by atoms with Crippen molar-refractivity contribution in [3.8, 4) is 5.75 Å². The van der Waals surface area contributed by atoms with Crippen LogP contribution in [0.2, 0.25) is 0 Å². The monoisotopic (exact) mass is 413 g/mol. The van der Waals surface area contributed by atoms with Crippen LogP contribution in [-0.2, 0) is 11.3 Å². The molecule has 0 spiro atoms. The van der Waals surface area contributed by atoms with Gasteiger partial charge in [0, 0.05) is 44.2 Å². The van der Waals surface area contributed by atoms with E-state index >= 15 is 0 Å². The molecule has 1 fully saturated rings. The molecule has 0 atom stereocenters. The number of piperazine rings is 1. The van der Waals surface area contributed by atoms with Crippen molar-refractivity contribution in [2.45, 2.75) is 17.9 Å². The predicted molar refractivity (Wildman–Crippen MR) is 120 cm³/mol. The first-order valence-corrected chi connectivity index (χ1v) is 11.2. The van der Waals surface area contributed by atoms with Gasteiger partial charge in [-0.05, 0) is 42.0 Å². The Hall–Kier alpha value is -2.02. The van der Waals surface area contributed by atoms with Crippen molar-refractivity contribution >= 4 is 17.7 Å². The molecule has 5 nitrogen and oxygen atoms in total. The van der Waals surface area contributed by atoms with Crippen molar-refractivity contribution in [1.29, 1.82) is 0 Å².